The summed E-state index contributed by atoms with van der Waals surface area (Å²) in [5, 5.41) is 73.7. The standard InChI is InChI=1S/C86H120F2N10O21/c1-8-18-73-118-68-45-57-58-44-60(87)59-43-52(4)30-32-83(59,6)85(58,88)66(100)46-84(57,7)86(68,119-73)67(101)47-92-79(109)53(5)93-81(111)74(51(2)3)96-80(110)62(23-16-17-33-90-71(104)50-116-64-25-11-9-10-22-61(75(64)97-89)95-82-78(108)77(107)76(106)65(49-99)117-82)94-70(103)31-35-112-37-39-114-41-42-115-40-38-113-36-34-91-69(102)28-29-72(105)98-48-56-21-13-12-19-54(56)26-27-55-20-14-15-24-63(55)98/h12-15,19-21,24,30,32,43,51,53,57-58,60,62,64-66,68,73-74,76-78,82,99-100,106-108H,4,8-11,16-18,22-23,25,28-29,31,33-42,44-50,89H2,1-3,5-7H3,(H,90,104)(H,91,102)(H,92,109)(H,93,111)(H,94,103)(H,96,110)/t53-,57-,58-,60-,62+,64?,65+,66-,68+,73?,74-,76-,77-,78+,82+,83-,84-,85-,86+/m0/s1. The largest absolute Gasteiger partial charge is 0.394 e. The third kappa shape index (κ3) is 21.9. The SMILES string of the molecule is C=C1C=C[C@@]2(C)C(=C1)[C@@H](F)C[C@H]1[C@@H]3C[C@H]4OC(CCC)O[C@@]4(C(=O)CNC(=O)[C@H](C)NC(=O)[C@@H](NC(=O)[C@@H](CCCCNC(=O)COC4CCCCCC(=N[C@@H]5O[C@H](CO)[C@H](O)[C@H](O)[C@H]5O)C4=NN)NC(=O)CCOCCOCCOCCOCCNC(=O)CCC(=O)N4Cc5ccccc5C#Cc5ccccc54)C(C)C)[C@@]3(C)C[C@H](O)[C@@]12F. The lowest BCUT2D eigenvalue weighted by Crippen LogP contribution is -2.71. The quantitative estimate of drug-likeness (QED) is 0.0197. The van der Waals surface area contributed by atoms with E-state index in [-0.39, 0.29) is 140 Å². The maximum atomic E-state index is 18.2. The minimum atomic E-state index is -2.33. The van der Waals surface area contributed by atoms with E-state index in [0.717, 1.165) is 23.1 Å². The molecule has 10 rings (SSSR count). The van der Waals surface area contributed by atoms with Crippen LogP contribution in [0.15, 0.2) is 94.6 Å². The fourth-order valence-corrected chi connectivity index (χ4v) is 17.9. The van der Waals surface area contributed by atoms with E-state index < -0.39 is 174 Å². The molecule has 3 aliphatic heterocycles. The molecular weight excluding hydrogens is 1550 g/mol. The second-order valence-corrected chi connectivity index (χ2v) is 32.7. The van der Waals surface area contributed by atoms with Crippen molar-refractivity contribution in [1.29, 1.82) is 0 Å². The van der Waals surface area contributed by atoms with Gasteiger partial charge in [-0.2, -0.15) is 5.10 Å². The number of benzene rings is 2. The van der Waals surface area contributed by atoms with Crippen LogP contribution in [0.1, 0.15) is 161 Å². The van der Waals surface area contributed by atoms with Gasteiger partial charge in [0, 0.05) is 60.2 Å². The molecule has 31 nitrogen and oxygen atoms in total. The first-order valence-electron chi connectivity index (χ1n) is 41.8. The molecule has 5 aliphatic carbocycles. The number of alkyl halides is 2. The van der Waals surface area contributed by atoms with Crippen LogP contribution < -0.4 is 42.6 Å². The van der Waals surface area contributed by atoms with Gasteiger partial charge in [-0.05, 0) is 125 Å². The lowest BCUT2D eigenvalue weighted by atomic mass is 9.44. The third-order valence-electron chi connectivity index (χ3n) is 24.4. The van der Waals surface area contributed by atoms with E-state index in [9.17, 15) is 59.1 Å². The highest BCUT2D eigenvalue weighted by Gasteiger charge is 2.80. The molecule has 4 saturated carbocycles. The number of fused-ring (bicyclic) bond motifs is 9. The molecule has 0 bridgehead atoms. The number of unbranched alkanes of at least 4 members (excludes halogenated alkanes) is 1. The number of nitrogens with zero attached hydrogens (tertiary/aromatic N) is 3. The topological polar surface area (TPSA) is 438 Å². The monoisotopic (exact) mass is 1670 g/mol. The minimum Gasteiger partial charge on any atom is -0.394 e. The van der Waals surface area contributed by atoms with Crippen LogP contribution in [0.25, 0.3) is 0 Å². The van der Waals surface area contributed by atoms with Crippen LogP contribution in [-0.2, 0) is 82.8 Å². The number of hydrogen-bond acceptors (Lipinski definition) is 24. The summed E-state index contributed by atoms with van der Waals surface area (Å²) in [4.78, 5) is 117. The fourth-order valence-electron chi connectivity index (χ4n) is 17.9. The van der Waals surface area contributed by atoms with Crippen molar-refractivity contribution in [2.24, 2.45) is 44.5 Å². The average molecular weight is 1670 g/mol. The molecule has 0 radical (unpaired) electrons. The normalized spacial score (nSPS) is 30.2. The van der Waals surface area contributed by atoms with Crippen LogP contribution in [0.4, 0.5) is 14.5 Å². The molecule has 0 spiro atoms. The number of carbonyl (C=O) groups is 8. The molecule has 119 heavy (non-hydrogen) atoms. The van der Waals surface area contributed by atoms with Gasteiger partial charge in [-0.1, -0.05) is 114 Å². The molecule has 3 heterocycles. The number of aliphatic hydroxyl groups excluding tert-OH is 5. The number of ketones is 1. The van der Waals surface area contributed by atoms with Crippen LogP contribution in [-0.4, -0.2) is 261 Å². The molecule has 2 aromatic carbocycles. The average Bonchev–Trinajstić information content (AvgIpc) is 1.54. The van der Waals surface area contributed by atoms with Gasteiger partial charge in [-0.25, -0.2) is 8.78 Å². The fraction of sp³-hybridized carbons (Fsp3) is 0.651. The van der Waals surface area contributed by atoms with E-state index in [1.165, 1.54) is 6.92 Å². The van der Waals surface area contributed by atoms with Crippen molar-refractivity contribution >= 4 is 64.2 Å². The van der Waals surface area contributed by atoms with Crippen molar-refractivity contribution in [3.05, 3.63) is 101 Å². The van der Waals surface area contributed by atoms with E-state index in [2.05, 4.69) is 60.4 Å². The minimum absolute atomic E-state index is 0.000435. The Morgan fingerprint density at radius 1 is 0.748 bits per heavy atom. The van der Waals surface area contributed by atoms with Crippen molar-refractivity contribution in [1.82, 2.24) is 31.9 Å². The third-order valence-corrected chi connectivity index (χ3v) is 24.4. The Labute approximate surface area is 693 Å². The number of amides is 7. The summed E-state index contributed by atoms with van der Waals surface area (Å²) < 4.78 is 82.1. The molecule has 19 atom stereocenters. The summed E-state index contributed by atoms with van der Waals surface area (Å²) in [6.45, 7) is 14.3. The van der Waals surface area contributed by atoms with Gasteiger partial charge in [0.1, 0.15) is 67.1 Å². The number of aliphatic hydroxyl groups is 5. The number of Topliss-reactive ketones (excluding diaryl/α,β-unsaturated/α-hetero) is 1. The number of anilines is 1. The number of hydrogen-bond donors (Lipinski definition) is 12. The summed E-state index contributed by atoms with van der Waals surface area (Å²) in [6.07, 6.45) is -4.64. The Hall–Kier alpha value is -8.34. The predicted molar refractivity (Wildman–Crippen MR) is 433 cm³/mol. The van der Waals surface area contributed by atoms with E-state index >= 15 is 13.6 Å². The van der Waals surface area contributed by atoms with Gasteiger partial charge >= 0.3 is 0 Å². The van der Waals surface area contributed by atoms with E-state index in [1.807, 2.05) is 55.5 Å². The highest BCUT2D eigenvalue weighted by Crippen LogP contribution is 2.72. The van der Waals surface area contributed by atoms with Crippen LogP contribution in [0.5, 0.6) is 0 Å². The van der Waals surface area contributed by atoms with Gasteiger partial charge in [-0.15, -0.1) is 0 Å². The van der Waals surface area contributed by atoms with Crippen molar-refractivity contribution in [3.8, 4) is 11.8 Å². The summed E-state index contributed by atoms with van der Waals surface area (Å²) in [6, 6.07) is 11.3. The molecule has 0 aromatic heterocycles. The molecule has 8 aliphatic rings. The predicted octanol–water partition coefficient (Wildman–Crippen LogP) is 3.49. The second kappa shape index (κ2) is 42.9. The van der Waals surface area contributed by atoms with Gasteiger partial charge < -0.3 is 106 Å². The van der Waals surface area contributed by atoms with Gasteiger partial charge in [0.15, 0.2) is 29.6 Å². The first kappa shape index (κ1) is 92.9. The Morgan fingerprint density at radius 3 is 2.15 bits per heavy atom. The first-order chi connectivity index (χ1) is 57.0. The number of nitrogens with two attached hydrogens (primary N) is 1. The van der Waals surface area contributed by atoms with Gasteiger partial charge in [-0.3, -0.25) is 43.3 Å². The maximum absolute atomic E-state index is 18.2. The number of rotatable bonds is 40. The second-order valence-electron chi connectivity index (χ2n) is 32.7. The van der Waals surface area contributed by atoms with Crippen LogP contribution in [0.2, 0.25) is 0 Å². The number of carbonyl (C=O) groups excluding carboxylic acids is 8. The van der Waals surface area contributed by atoms with Crippen LogP contribution in [0, 0.1) is 40.4 Å². The van der Waals surface area contributed by atoms with Gasteiger partial charge in [0.05, 0.1) is 96.2 Å². The zero-order valence-electron chi connectivity index (χ0n) is 69.0. The van der Waals surface area contributed by atoms with E-state index in [0.29, 0.717) is 68.5 Å². The highest BCUT2D eigenvalue weighted by molar-refractivity contribution is 6.44. The van der Waals surface area contributed by atoms with E-state index in [4.69, 9.17) is 43.7 Å². The lowest BCUT2D eigenvalue weighted by molar-refractivity contribution is -0.233. The van der Waals surface area contributed by atoms with E-state index in [1.54, 1.807) is 50.8 Å². The highest BCUT2D eigenvalue weighted by atomic mass is 19.1. The number of hydrazone groups is 1. The zero-order chi connectivity index (χ0) is 85.8. The summed E-state index contributed by atoms with van der Waals surface area (Å²) in [5.74, 6) is 5.49. The number of aliphatic imine (C=N–C) groups is 1. The Balaban J connectivity index is 0.675. The molecule has 2 saturated heterocycles. The van der Waals surface area contributed by atoms with Crippen LogP contribution >= 0.6 is 0 Å². The molecule has 654 valence electrons. The van der Waals surface area contributed by atoms with Crippen molar-refractivity contribution in [3.63, 3.8) is 0 Å². The number of nitrogens with one attached hydrogen (secondary N) is 6. The summed E-state index contributed by atoms with van der Waals surface area (Å²) in [7, 11) is 0. The number of halogens is 2. The zero-order valence-corrected chi connectivity index (χ0v) is 69.0. The lowest BCUT2D eigenvalue weighted by Gasteiger charge is -2.63. The van der Waals surface area contributed by atoms with Gasteiger partial charge in [0.25, 0.3) is 0 Å². The molecule has 2 unspecified atom stereocenters. The molecule has 33 heteroatoms. The summed E-state index contributed by atoms with van der Waals surface area (Å²) >= 11 is 0. The molecule has 2 aromatic rings. The number of allylic oxidation sites excluding steroid dienone is 5. The smallest absolute Gasteiger partial charge is 0.246 e. The van der Waals surface area contributed by atoms with Crippen molar-refractivity contribution in [2.45, 2.75) is 242 Å². The molecule has 7 amide bonds. The van der Waals surface area contributed by atoms with Crippen molar-refractivity contribution < 1.29 is 111 Å². The Bertz CT molecular complexity index is 4100. The van der Waals surface area contributed by atoms with Gasteiger partial charge in [0.2, 0.25) is 41.4 Å². The Kier molecular flexibility index (Phi) is 33.5. The summed E-state index contributed by atoms with van der Waals surface area (Å²) in [5.41, 5.74) is -2.54. The van der Waals surface area contributed by atoms with Crippen molar-refractivity contribution in [2.75, 3.05) is 90.6 Å². The Morgan fingerprint density at radius 2 is 1.44 bits per heavy atom. The van der Waals surface area contributed by atoms with Crippen LogP contribution in [0.3, 0.4) is 0 Å². The molecular formula is C86H120F2N10O21. The molecule has 13 N–H and O–H groups in total. The maximum Gasteiger partial charge on any atom is 0.246 e. The number of ether oxygens (including phenoxy) is 8. The first-order valence-corrected chi connectivity index (χ1v) is 41.8. The molecule has 6 fully saturated rings. The number of para-hydroxylation sites is 1.